The predicted molar refractivity (Wildman–Crippen MR) is 70.8 cm³/mol. The highest BCUT2D eigenvalue weighted by atomic mass is 16.5. The first-order valence-corrected chi connectivity index (χ1v) is 7.05. The molecule has 2 saturated heterocycles. The Labute approximate surface area is 108 Å². The molecular formula is C16H20O2. The van der Waals surface area contributed by atoms with E-state index in [0.717, 1.165) is 37.7 Å². The van der Waals surface area contributed by atoms with Gasteiger partial charge in [-0.05, 0) is 37.7 Å². The number of benzene rings is 1. The van der Waals surface area contributed by atoms with Gasteiger partial charge in [0, 0.05) is 11.5 Å². The fourth-order valence-corrected chi connectivity index (χ4v) is 3.36. The minimum atomic E-state index is 0.184. The van der Waals surface area contributed by atoms with Crippen LogP contribution in [-0.2, 0) is 11.2 Å². The Morgan fingerprint density at radius 2 is 1.89 bits per heavy atom. The second-order valence-corrected chi connectivity index (χ2v) is 5.50. The second kappa shape index (κ2) is 4.85. The molecule has 18 heavy (non-hydrogen) atoms. The SMILES string of the molecule is CCc1ccccc1C(=O)C1CC2CCC(C1)O2. The number of ether oxygens (including phenoxy) is 1. The van der Waals surface area contributed by atoms with Crippen LogP contribution in [0.1, 0.15) is 48.5 Å². The molecule has 2 fully saturated rings. The number of hydrogen-bond donors (Lipinski definition) is 0. The molecule has 2 nitrogen and oxygen atoms in total. The molecule has 2 heterocycles. The summed E-state index contributed by atoms with van der Waals surface area (Å²) in [5.74, 6) is 0.525. The molecule has 2 atom stereocenters. The van der Waals surface area contributed by atoms with Crippen LogP contribution in [-0.4, -0.2) is 18.0 Å². The number of Topliss-reactive ketones (excluding diaryl/α,β-unsaturated/α-hetero) is 1. The summed E-state index contributed by atoms with van der Waals surface area (Å²) in [4.78, 5) is 12.6. The van der Waals surface area contributed by atoms with Crippen molar-refractivity contribution in [1.29, 1.82) is 0 Å². The van der Waals surface area contributed by atoms with Gasteiger partial charge in [0.15, 0.2) is 5.78 Å². The minimum Gasteiger partial charge on any atom is -0.375 e. The van der Waals surface area contributed by atoms with Gasteiger partial charge < -0.3 is 4.74 Å². The first-order chi connectivity index (χ1) is 8.78. The lowest BCUT2D eigenvalue weighted by Crippen LogP contribution is -2.30. The highest BCUT2D eigenvalue weighted by Crippen LogP contribution is 2.37. The van der Waals surface area contributed by atoms with E-state index in [2.05, 4.69) is 13.0 Å². The highest BCUT2D eigenvalue weighted by Gasteiger charge is 2.38. The Hall–Kier alpha value is -1.15. The minimum absolute atomic E-state index is 0.184. The topological polar surface area (TPSA) is 26.3 Å². The van der Waals surface area contributed by atoms with E-state index in [4.69, 9.17) is 4.74 Å². The molecular weight excluding hydrogens is 224 g/mol. The first-order valence-electron chi connectivity index (χ1n) is 7.05. The van der Waals surface area contributed by atoms with Gasteiger partial charge in [0.2, 0.25) is 0 Å². The van der Waals surface area contributed by atoms with Crippen molar-refractivity contribution in [2.75, 3.05) is 0 Å². The van der Waals surface area contributed by atoms with E-state index in [0.29, 0.717) is 18.0 Å². The maximum absolute atomic E-state index is 12.6. The fourth-order valence-electron chi connectivity index (χ4n) is 3.36. The number of aryl methyl sites for hydroxylation is 1. The average Bonchev–Trinajstić information content (AvgIpc) is 2.76. The summed E-state index contributed by atoms with van der Waals surface area (Å²) >= 11 is 0. The van der Waals surface area contributed by atoms with Gasteiger partial charge >= 0.3 is 0 Å². The smallest absolute Gasteiger partial charge is 0.166 e. The zero-order chi connectivity index (χ0) is 12.5. The maximum atomic E-state index is 12.6. The quantitative estimate of drug-likeness (QED) is 0.762. The molecule has 2 aliphatic heterocycles. The first kappa shape index (κ1) is 11.9. The van der Waals surface area contributed by atoms with Crippen LogP contribution in [0.25, 0.3) is 0 Å². The van der Waals surface area contributed by atoms with E-state index < -0.39 is 0 Å². The van der Waals surface area contributed by atoms with Crippen molar-refractivity contribution in [2.24, 2.45) is 5.92 Å². The Balaban J connectivity index is 1.82. The molecule has 1 aromatic rings. The number of fused-ring (bicyclic) bond motifs is 2. The van der Waals surface area contributed by atoms with Crippen LogP contribution in [0, 0.1) is 5.92 Å². The van der Waals surface area contributed by atoms with Gasteiger partial charge in [-0.15, -0.1) is 0 Å². The molecule has 96 valence electrons. The summed E-state index contributed by atoms with van der Waals surface area (Å²) in [7, 11) is 0. The molecule has 0 saturated carbocycles. The van der Waals surface area contributed by atoms with Gasteiger partial charge in [-0.25, -0.2) is 0 Å². The Bertz CT molecular complexity index is 440. The summed E-state index contributed by atoms with van der Waals surface area (Å²) in [6.07, 6.45) is 5.74. The largest absolute Gasteiger partial charge is 0.375 e. The van der Waals surface area contributed by atoms with Crippen molar-refractivity contribution in [1.82, 2.24) is 0 Å². The molecule has 0 radical (unpaired) electrons. The third-order valence-corrected chi connectivity index (χ3v) is 4.32. The molecule has 3 rings (SSSR count). The van der Waals surface area contributed by atoms with Crippen molar-refractivity contribution in [3.05, 3.63) is 35.4 Å². The zero-order valence-corrected chi connectivity index (χ0v) is 10.9. The molecule has 2 aliphatic rings. The van der Waals surface area contributed by atoms with Gasteiger partial charge in [-0.2, -0.15) is 0 Å². The maximum Gasteiger partial charge on any atom is 0.166 e. The van der Waals surface area contributed by atoms with Crippen molar-refractivity contribution >= 4 is 5.78 Å². The van der Waals surface area contributed by atoms with Gasteiger partial charge in [-0.1, -0.05) is 31.2 Å². The third-order valence-electron chi connectivity index (χ3n) is 4.32. The summed E-state index contributed by atoms with van der Waals surface area (Å²) in [5, 5.41) is 0. The predicted octanol–water partition coefficient (Wildman–Crippen LogP) is 3.39. The zero-order valence-electron chi connectivity index (χ0n) is 10.9. The standard InChI is InChI=1S/C16H20O2/c1-2-11-5-3-4-6-15(11)16(17)12-9-13-7-8-14(10-12)18-13/h3-6,12-14H,2,7-10H2,1H3. The molecule has 0 amide bonds. The Kier molecular flexibility index (Phi) is 3.21. The van der Waals surface area contributed by atoms with Gasteiger partial charge in [0.1, 0.15) is 0 Å². The average molecular weight is 244 g/mol. The van der Waals surface area contributed by atoms with Gasteiger partial charge in [-0.3, -0.25) is 4.79 Å². The summed E-state index contributed by atoms with van der Waals surface area (Å²) < 4.78 is 5.82. The summed E-state index contributed by atoms with van der Waals surface area (Å²) in [5.41, 5.74) is 2.12. The van der Waals surface area contributed by atoms with Crippen LogP contribution in [0.2, 0.25) is 0 Å². The molecule has 2 bridgehead atoms. The highest BCUT2D eigenvalue weighted by molar-refractivity contribution is 5.99. The molecule has 2 heteroatoms. The second-order valence-electron chi connectivity index (χ2n) is 5.50. The molecule has 0 spiro atoms. The number of carbonyl (C=O) groups excluding carboxylic acids is 1. The molecule has 0 aromatic heterocycles. The van der Waals surface area contributed by atoms with E-state index in [1.807, 2.05) is 18.2 Å². The van der Waals surface area contributed by atoms with E-state index in [1.165, 1.54) is 5.56 Å². The molecule has 1 aromatic carbocycles. The van der Waals surface area contributed by atoms with Gasteiger partial charge in [0.25, 0.3) is 0 Å². The van der Waals surface area contributed by atoms with Crippen LogP contribution in [0.5, 0.6) is 0 Å². The van der Waals surface area contributed by atoms with E-state index in [1.54, 1.807) is 0 Å². The lowest BCUT2D eigenvalue weighted by Gasteiger charge is -2.27. The van der Waals surface area contributed by atoms with E-state index in [-0.39, 0.29) is 5.92 Å². The lowest BCUT2D eigenvalue weighted by molar-refractivity contribution is -0.0149. The normalized spacial score (nSPS) is 30.4. The number of rotatable bonds is 3. The van der Waals surface area contributed by atoms with Gasteiger partial charge in [0.05, 0.1) is 12.2 Å². The van der Waals surface area contributed by atoms with Crippen molar-refractivity contribution < 1.29 is 9.53 Å². The summed E-state index contributed by atoms with van der Waals surface area (Å²) in [6, 6.07) is 8.04. The van der Waals surface area contributed by atoms with Crippen molar-refractivity contribution in [3.63, 3.8) is 0 Å². The third kappa shape index (κ3) is 2.10. The fraction of sp³-hybridized carbons (Fsp3) is 0.562. The molecule has 0 aliphatic carbocycles. The number of ketones is 1. The number of carbonyl (C=O) groups is 1. The molecule has 0 N–H and O–H groups in total. The Morgan fingerprint density at radius 1 is 1.22 bits per heavy atom. The van der Waals surface area contributed by atoms with Crippen molar-refractivity contribution in [2.45, 2.75) is 51.2 Å². The Morgan fingerprint density at radius 3 is 2.56 bits per heavy atom. The van der Waals surface area contributed by atoms with E-state index >= 15 is 0 Å². The van der Waals surface area contributed by atoms with E-state index in [9.17, 15) is 4.79 Å². The summed E-state index contributed by atoms with van der Waals surface area (Å²) in [6.45, 7) is 2.11. The van der Waals surface area contributed by atoms with Crippen LogP contribution in [0.3, 0.4) is 0 Å². The van der Waals surface area contributed by atoms with Crippen LogP contribution in [0.15, 0.2) is 24.3 Å². The monoisotopic (exact) mass is 244 g/mol. The molecule has 2 unspecified atom stereocenters. The lowest BCUT2D eigenvalue weighted by atomic mass is 9.86. The van der Waals surface area contributed by atoms with Crippen molar-refractivity contribution in [3.8, 4) is 0 Å². The number of hydrogen-bond acceptors (Lipinski definition) is 2. The van der Waals surface area contributed by atoms with Crippen LogP contribution in [0.4, 0.5) is 0 Å². The van der Waals surface area contributed by atoms with Crippen LogP contribution >= 0.6 is 0 Å². The van der Waals surface area contributed by atoms with Crippen LogP contribution < -0.4 is 0 Å².